The minimum absolute atomic E-state index is 0.519. The van der Waals surface area contributed by atoms with Crippen LogP contribution in [0.1, 0.15) is 43.8 Å². The van der Waals surface area contributed by atoms with Crippen LogP contribution in [0.25, 0.3) is 0 Å². The van der Waals surface area contributed by atoms with Gasteiger partial charge in [-0.15, -0.1) is 0 Å². The molecule has 1 aromatic carbocycles. The number of hydrogen-bond acceptors (Lipinski definition) is 3. The van der Waals surface area contributed by atoms with Gasteiger partial charge in [-0.05, 0) is 30.5 Å². The molecular weight excluding hydrogens is 248 g/mol. The number of halogens is 1. The van der Waals surface area contributed by atoms with Crippen molar-refractivity contribution in [1.82, 2.24) is 5.32 Å². The number of nitrogens with one attached hydrogen (secondary N) is 1. The second kappa shape index (κ2) is 6.41. The highest BCUT2D eigenvalue weighted by molar-refractivity contribution is 6.33. The largest absolute Gasteiger partial charge is 0.398 e. The number of benzene rings is 1. The van der Waals surface area contributed by atoms with E-state index in [2.05, 4.69) is 5.32 Å². The summed E-state index contributed by atoms with van der Waals surface area (Å²) < 4.78 is 0. The van der Waals surface area contributed by atoms with Gasteiger partial charge in [-0.1, -0.05) is 36.9 Å². The fourth-order valence-corrected chi connectivity index (χ4v) is 2.59. The fourth-order valence-electron chi connectivity index (χ4n) is 2.47. The minimum atomic E-state index is -0.522. The Morgan fingerprint density at radius 1 is 1.33 bits per heavy atom. The first-order chi connectivity index (χ1) is 8.66. The summed E-state index contributed by atoms with van der Waals surface area (Å²) in [5, 5.41) is 14.1. The van der Waals surface area contributed by atoms with E-state index in [1.54, 1.807) is 12.1 Å². The standard InChI is InChI=1S/C14H21ClN2O/c15-12-7-6-10(8-13(12)16)14(18)9-17-11-4-2-1-3-5-11/h6-8,11,14,17-18H,1-5,9,16H2. The summed E-state index contributed by atoms with van der Waals surface area (Å²) in [7, 11) is 0. The Hall–Kier alpha value is -0.770. The third-order valence-electron chi connectivity index (χ3n) is 3.61. The number of nitrogens with two attached hydrogens (primary N) is 1. The number of anilines is 1. The number of rotatable bonds is 4. The fraction of sp³-hybridized carbons (Fsp3) is 0.571. The highest BCUT2D eigenvalue weighted by atomic mass is 35.5. The molecule has 0 aliphatic heterocycles. The maximum Gasteiger partial charge on any atom is 0.0915 e. The predicted octanol–water partition coefficient (Wildman–Crippen LogP) is 2.88. The van der Waals surface area contributed by atoms with Crippen molar-refractivity contribution >= 4 is 17.3 Å². The molecule has 4 heteroatoms. The Labute approximate surface area is 113 Å². The van der Waals surface area contributed by atoms with Gasteiger partial charge in [0, 0.05) is 12.6 Å². The monoisotopic (exact) mass is 268 g/mol. The van der Waals surface area contributed by atoms with Crippen LogP contribution in [0.4, 0.5) is 5.69 Å². The maximum atomic E-state index is 10.1. The van der Waals surface area contributed by atoms with Gasteiger partial charge in [-0.25, -0.2) is 0 Å². The van der Waals surface area contributed by atoms with Crippen LogP contribution < -0.4 is 11.1 Å². The first kappa shape index (κ1) is 13.7. The van der Waals surface area contributed by atoms with Crippen molar-refractivity contribution < 1.29 is 5.11 Å². The molecule has 4 N–H and O–H groups in total. The summed E-state index contributed by atoms with van der Waals surface area (Å²) in [5.74, 6) is 0. The molecule has 0 bridgehead atoms. The first-order valence-corrected chi connectivity index (χ1v) is 7.01. The van der Waals surface area contributed by atoms with E-state index in [9.17, 15) is 5.11 Å². The second-order valence-corrected chi connectivity index (χ2v) is 5.45. The zero-order valence-electron chi connectivity index (χ0n) is 10.5. The Kier molecular flexibility index (Phi) is 4.87. The summed E-state index contributed by atoms with van der Waals surface area (Å²) in [6, 6.07) is 5.86. The average Bonchev–Trinajstić information content (AvgIpc) is 2.40. The van der Waals surface area contributed by atoms with Crippen LogP contribution >= 0.6 is 11.6 Å². The van der Waals surface area contributed by atoms with Crippen molar-refractivity contribution in [2.24, 2.45) is 0 Å². The maximum absolute atomic E-state index is 10.1. The van der Waals surface area contributed by atoms with Gasteiger partial charge >= 0.3 is 0 Å². The molecule has 0 radical (unpaired) electrons. The van der Waals surface area contributed by atoms with E-state index in [-0.39, 0.29) is 0 Å². The van der Waals surface area contributed by atoms with Crippen LogP contribution in [0, 0.1) is 0 Å². The molecule has 1 unspecified atom stereocenters. The molecule has 0 heterocycles. The molecular formula is C14H21ClN2O. The molecule has 0 saturated heterocycles. The van der Waals surface area contributed by atoms with Crippen molar-refractivity contribution in [2.75, 3.05) is 12.3 Å². The van der Waals surface area contributed by atoms with E-state index < -0.39 is 6.10 Å². The molecule has 1 atom stereocenters. The molecule has 1 aliphatic carbocycles. The lowest BCUT2D eigenvalue weighted by Crippen LogP contribution is -2.34. The third kappa shape index (κ3) is 3.61. The van der Waals surface area contributed by atoms with E-state index >= 15 is 0 Å². The normalized spacial score (nSPS) is 18.8. The van der Waals surface area contributed by atoms with E-state index in [1.807, 2.05) is 6.07 Å². The van der Waals surface area contributed by atoms with Gasteiger partial charge in [0.25, 0.3) is 0 Å². The summed E-state index contributed by atoms with van der Waals surface area (Å²) in [6.07, 6.45) is 5.84. The number of aliphatic hydroxyl groups is 1. The van der Waals surface area contributed by atoms with E-state index in [1.165, 1.54) is 32.1 Å². The molecule has 1 aliphatic rings. The summed E-state index contributed by atoms with van der Waals surface area (Å²) >= 11 is 5.86. The quantitative estimate of drug-likeness (QED) is 0.736. The first-order valence-electron chi connectivity index (χ1n) is 6.63. The molecule has 3 nitrogen and oxygen atoms in total. The van der Waals surface area contributed by atoms with Crippen LogP contribution in [0.3, 0.4) is 0 Å². The van der Waals surface area contributed by atoms with Gasteiger partial charge in [-0.2, -0.15) is 0 Å². The Morgan fingerprint density at radius 3 is 2.72 bits per heavy atom. The average molecular weight is 269 g/mol. The van der Waals surface area contributed by atoms with Gasteiger partial charge < -0.3 is 16.2 Å². The van der Waals surface area contributed by atoms with Crippen molar-refractivity contribution in [3.05, 3.63) is 28.8 Å². The lowest BCUT2D eigenvalue weighted by molar-refractivity contribution is 0.165. The lowest BCUT2D eigenvalue weighted by atomic mass is 9.95. The van der Waals surface area contributed by atoms with Crippen LogP contribution in [0.5, 0.6) is 0 Å². The van der Waals surface area contributed by atoms with Gasteiger partial charge in [-0.3, -0.25) is 0 Å². The molecule has 0 amide bonds. The molecule has 18 heavy (non-hydrogen) atoms. The highest BCUT2D eigenvalue weighted by Gasteiger charge is 2.15. The number of hydrogen-bond donors (Lipinski definition) is 3. The van der Waals surface area contributed by atoms with Crippen molar-refractivity contribution in [1.29, 1.82) is 0 Å². The smallest absolute Gasteiger partial charge is 0.0915 e. The van der Waals surface area contributed by atoms with Gasteiger partial charge in [0.2, 0.25) is 0 Å². The zero-order valence-corrected chi connectivity index (χ0v) is 11.3. The van der Waals surface area contributed by atoms with E-state index in [0.29, 0.717) is 23.3 Å². The SMILES string of the molecule is Nc1cc(C(O)CNC2CCCCC2)ccc1Cl. The zero-order chi connectivity index (χ0) is 13.0. The highest BCUT2D eigenvalue weighted by Crippen LogP contribution is 2.23. The van der Waals surface area contributed by atoms with Gasteiger partial charge in [0.15, 0.2) is 0 Å². The third-order valence-corrected chi connectivity index (χ3v) is 3.95. The van der Waals surface area contributed by atoms with Crippen LogP contribution in [0.2, 0.25) is 5.02 Å². The second-order valence-electron chi connectivity index (χ2n) is 5.04. The van der Waals surface area contributed by atoms with Crippen LogP contribution in [-0.2, 0) is 0 Å². The van der Waals surface area contributed by atoms with Crippen LogP contribution in [0.15, 0.2) is 18.2 Å². The molecule has 1 aromatic rings. The van der Waals surface area contributed by atoms with Crippen molar-refractivity contribution in [3.63, 3.8) is 0 Å². The molecule has 100 valence electrons. The number of nitrogen functional groups attached to an aromatic ring is 1. The number of aliphatic hydroxyl groups excluding tert-OH is 1. The molecule has 0 aromatic heterocycles. The summed E-state index contributed by atoms with van der Waals surface area (Å²) in [5.41, 5.74) is 7.07. The Bertz CT molecular complexity index is 391. The Morgan fingerprint density at radius 2 is 2.06 bits per heavy atom. The molecule has 1 saturated carbocycles. The molecule has 0 spiro atoms. The van der Waals surface area contributed by atoms with Crippen LogP contribution in [-0.4, -0.2) is 17.7 Å². The van der Waals surface area contributed by atoms with E-state index in [0.717, 1.165) is 5.56 Å². The Balaban J connectivity index is 1.86. The minimum Gasteiger partial charge on any atom is -0.398 e. The van der Waals surface area contributed by atoms with Gasteiger partial charge in [0.05, 0.1) is 16.8 Å². The van der Waals surface area contributed by atoms with Crippen molar-refractivity contribution in [2.45, 2.75) is 44.2 Å². The topological polar surface area (TPSA) is 58.3 Å². The summed E-state index contributed by atoms with van der Waals surface area (Å²) in [6.45, 7) is 0.575. The molecule has 2 rings (SSSR count). The predicted molar refractivity (Wildman–Crippen MR) is 75.7 cm³/mol. The summed E-state index contributed by atoms with van der Waals surface area (Å²) in [4.78, 5) is 0. The van der Waals surface area contributed by atoms with E-state index in [4.69, 9.17) is 17.3 Å². The van der Waals surface area contributed by atoms with Crippen molar-refractivity contribution in [3.8, 4) is 0 Å². The molecule has 1 fully saturated rings. The van der Waals surface area contributed by atoms with Gasteiger partial charge in [0.1, 0.15) is 0 Å². The lowest BCUT2D eigenvalue weighted by Gasteiger charge is -2.24.